The first-order chi connectivity index (χ1) is 12.5. The minimum Gasteiger partial charge on any atom is -0.495 e. The summed E-state index contributed by atoms with van der Waals surface area (Å²) in [5.74, 6) is 0.207. The van der Waals surface area contributed by atoms with E-state index >= 15 is 0 Å². The predicted molar refractivity (Wildman–Crippen MR) is 102 cm³/mol. The van der Waals surface area contributed by atoms with Crippen LogP contribution in [0.2, 0.25) is 0 Å². The smallest absolute Gasteiger partial charge is 0.240 e. The van der Waals surface area contributed by atoms with Gasteiger partial charge >= 0.3 is 0 Å². The molecule has 3 rings (SSSR count). The molecule has 0 bridgehead atoms. The van der Waals surface area contributed by atoms with Gasteiger partial charge in [0.25, 0.3) is 0 Å². The third kappa shape index (κ3) is 4.09. The average Bonchev–Trinajstić information content (AvgIpc) is 3.45. The summed E-state index contributed by atoms with van der Waals surface area (Å²) in [5.41, 5.74) is 2.14. The van der Waals surface area contributed by atoms with Crippen LogP contribution in [0.25, 0.3) is 0 Å². The van der Waals surface area contributed by atoms with Gasteiger partial charge in [0.2, 0.25) is 11.8 Å². The summed E-state index contributed by atoms with van der Waals surface area (Å²) in [4.78, 5) is 25.3. The second-order valence-electron chi connectivity index (χ2n) is 7.35. The molecule has 0 heterocycles. The van der Waals surface area contributed by atoms with Crippen molar-refractivity contribution in [3.8, 4) is 5.75 Å². The third-order valence-electron chi connectivity index (χ3n) is 5.34. The first-order valence-electron chi connectivity index (χ1n) is 9.47. The lowest BCUT2D eigenvalue weighted by atomic mass is 9.97. The van der Waals surface area contributed by atoms with E-state index < -0.39 is 5.41 Å². The molecule has 0 unspecified atom stereocenters. The summed E-state index contributed by atoms with van der Waals surface area (Å²) < 4.78 is 5.31. The summed E-state index contributed by atoms with van der Waals surface area (Å²) in [6.07, 6.45) is 9.16. The van der Waals surface area contributed by atoms with E-state index in [1.807, 2.05) is 25.1 Å². The van der Waals surface area contributed by atoms with Gasteiger partial charge < -0.3 is 15.4 Å². The van der Waals surface area contributed by atoms with E-state index in [0.717, 1.165) is 24.8 Å². The molecule has 1 saturated carbocycles. The molecule has 140 valence electrons. The zero-order valence-corrected chi connectivity index (χ0v) is 15.7. The van der Waals surface area contributed by atoms with Gasteiger partial charge in [0.1, 0.15) is 11.2 Å². The Morgan fingerprint density at radius 2 is 2.00 bits per heavy atom. The zero-order valence-electron chi connectivity index (χ0n) is 15.7. The van der Waals surface area contributed by atoms with E-state index in [9.17, 15) is 9.59 Å². The van der Waals surface area contributed by atoms with E-state index in [1.54, 1.807) is 7.11 Å². The van der Waals surface area contributed by atoms with E-state index in [2.05, 4.69) is 16.7 Å². The maximum Gasteiger partial charge on any atom is 0.240 e. The molecule has 5 nitrogen and oxygen atoms in total. The van der Waals surface area contributed by atoms with E-state index in [4.69, 9.17) is 4.74 Å². The van der Waals surface area contributed by atoms with Crippen LogP contribution in [0.4, 0.5) is 5.69 Å². The summed E-state index contributed by atoms with van der Waals surface area (Å²) >= 11 is 0. The molecule has 26 heavy (non-hydrogen) atoms. The molecule has 0 aliphatic heterocycles. The lowest BCUT2D eigenvalue weighted by Crippen LogP contribution is -2.40. The van der Waals surface area contributed by atoms with Gasteiger partial charge in [-0.2, -0.15) is 0 Å². The Labute approximate surface area is 155 Å². The third-order valence-corrected chi connectivity index (χ3v) is 5.34. The number of allylic oxidation sites excluding steroid dienone is 1. The number of carbonyl (C=O) groups excluding carboxylic acids is 2. The molecule has 1 fully saturated rings. The molecular weight excluding hydrogens is 328 g/mol. The number of benzene rings is 1. The standard InChI is InChI=1S/C21H28N2O3/c1-15-8-9-18(26-2)17(14-15)23-20(25)21(11-12-21)19(24)22-13-10-16-6-4-3-5-7-16/h6,8-9,14H,3-5,7,10-13H2,1-2H3,(H,22,24)(H,23,25). The van der Waals surface area contributed by atoms with Crippen molar-refractivity contribution in [1.29, 1.82) is 0 Å². The van der Waals surface area contributed by atoms with Gasteiger partial charge in [-0.05, 0) is 69.6 Å². The summed E-state index contributed by atoms with van der Waals surface area (Å²) in [5, 5.41) is 5.86. The lowest BCUT2D eigenvalue weighted by molar-refractivity contribution is -0.134. The molecule has 2 aliphatic carbocycles. The Balaban J connectivity index is 1.57. The van der Waals surface area contributed by atoms with Crippen molar-refractivity contribution in [2.24, 2.45) is 5.41 Å². The molecule has 0 saturated heterocycles. The van der Waals surface area contributed by atoms with Gasteiger partial charge in [0.15, 0.2) is 0 Å². The predicted octanol–water partition coefficient (Wildman–Crippen LogP) is 3.73. The Kier molecular flexibility index (Phi) is 5.64. The van der Waals surface area contributed by atoms with Crippen molar-refractivity contribution in [2.75, 3.05) is 19.0 Å². The molecule has 0 spiro atoms. The number of hydrogen-bond acceptors (Lipinski definition) is 3. The molecule has 1 aromatic carbocycles. The highest BCUT2D eigenvalue weighted by molar-refractivity contribution is 6.13. The number of methoxy groups -OCH3 is 1. The molecule has 0 aromatic heterocycles. The number of anilines is 1. The van der Waals surface area contributed by atoms with E-state index in [1.165, 1.54) is 18.4 Å². The fourth-order valence-electron chi connectivity index (χ4n) is 3.48. The van der Waals surface area contributed by atoms with Crippen LogP contribution in [0.15, 0.2) is 29.8 Å². The number of rotatable bonds is 7. The number of hydrogen-bond donors (Lipinski definition) is 2. The minimum absolute atomic E-state index is 0.155. The minimum atomic E-state index is -0.921. The van der Waals surface area contributed by atoms with E-state index in [-0.39, 0.29) is 11.8 Å². The van der Waals surface area contributed by atoms with Crippen molar-refractivity contribution < 1.29 is 14.3 Å². The van der Waals surface area contributed by atoms with E-state index in [0.29, 0.717) is 30.8 Å². The van der Waals surface area contributed by atoms with Gasteiger partial charge in [-0.3, -0.25) is 9.59 Å². The Morgan fingerprint density at radius 1 is 1.19 bits per heavy atom. The van der Waals surface area contributed by atoms with Crippen molar-refractivity contribution >= 4 is 17.5 Å². The fourth-order valence-corrected chi connectivity index (χ4v) is 3.48. The number of carbonyl (C=O) groups is 2. The van der Waals surface area contributed by atoms with Crippen molar-refractivity contribution in [3.05, 3.63) is 35.4 Å². The van der Waals surface area contributed by atoms with Crippen LogP contribution in [0.3, 0.4) is 0 Å². The van der Waals surface area contributed by atoms with Crippen molar-refractivity contribution in [3.63, 3.8) is 0 Å². The highest BCUT2D eigenvalue weighted by atomic mass is 16.5. The largest absolute Gasteiger partial charge is 0.495 e. The first-order valence-corrected chi connectivity index (χ1v) is 9.47. The number of amides is 2. The van der Waals surface area contributed by atoms with Gasteiger partial charge in [0, 0.05) is 6.54 Å². The Hall–Kier alpha value is -2.30. The Bertz CT molecular complexity index is 720. The maximum atomic E-state index is 12.7. The highest BCUT2D eigenvalue weighted by Crippen LogP contribution is 2.47. The number of aryl methyl sites for hydroxylation is 1. The van der Waals surface area contributed by atoms with Crippen LogP contribution in [-0.4, -0.2) is 25.5 Å². The molecule has 0 radical (unpaired) electrons. The number of nitrogens with one attached hydrogen (secondary N) is 2. The summed E-state index contributed by atoms with van der Waals surface area (Å²) in [7, 11) is 1.57. The molecule has 2 N–H and O–H groups in total. The average molecular weight is 356 g/mol. The van der Waals surface area contributed by atoms with Crippen LogP contribution in [0.5, 0.6) is 5.75 Å². The van der Waals surface area contributed by atoms with Crippen molar-refractivity contribution in [1.82, 2.24) is 5.32 Å². The second kappa shape index (κ2) is 7.94. The summed E-state index contributed by atoms with van der Waals surface area (Å²) in [6, 6.07) is 5.61. The molecule has 0 atom stereocenters. The van der Waals surface area contributed by atoms with Gasteiger partial charge in [0.05, 0.1) is 12.8 Å². The fraction of sp³-hybridized carbons (Fsp3) is 0.524. The van der Waals surface area contributed by atoms with Crippen LogP contribution < -0.4 is 15.4 Å². The van der Waals surface area contributed by atoms with Crippen molar-refractivity contribution in [2.45, 2.75) is 51.9 Å². The highest BCUT2D eigenvalue weighted by Gasteiger charge is 2.56. The van der Waals surface area contributed by atoms with Gasteiger partial charge in [-0.25, -0.2) is 0 Å². The van der Waals surface area contributed by atoms with Crippen LogP contribution in [0.1, 0.15) is 50.5 Å². The second-order valence-corrected chi connectivity index (χ2v) is 7.35. The maximum absolute atomic E-state index is 12.7. The van der Waals surface area contributed by atoms with Gasteiger partial charge in [-0.1, -0.05) is 17.7 Å². The first kappa shape index (κ1) is 18.5. The zero-order chi connectivity index (χ0) is 18.6. The monoisotopic (exact) mass is 356 g/mol. The molecule has 2 aliphatic rings. The van der Waals surface area contributed by atoms with Gasteiger partial charge in [-0.15, -0.1) is 0 Å². The lowest BCUT2D eigenvalue weighted by Gasteiger charge is -2.18. The topological polar surface area (TPSA) is 67.4 Å². The molecule has 5 heteroatoms. The normalized spacial score (nSPS) is 17.8. The quantitative estimate of drug-likeness (QED) is 0.578. The van der Waals surface area contributed by atoms with Crippen LogP contribution >= 0.6 is 0 Å². The molecular formula is C21H28N2O3. The molecule has 1 aromatic rings. The Morgan fingerprint density at radius 3 is 2.65 bits per heavy atom. The number of ether oxygens (including phenoxy) is 1. The van der Waals surface area contributed by atoms with Crippen LogP contribution in [-0.2, 0) is 9.59 Å². The molecule has 2 amide bonds. The van der Waals surface area contributed by atoms with Crippen LogP contribution in [0, 0.1) is 12.3 Å². The summed E-state index contributed by atoms with van der Waals surface area (Å²) in [6.45, 7) is 2.56. The SMILES string of the molecule is COc1ccc(C)cc1NC(=O)C1(C(=O)NCCC2=CCCCC2)CC1.